The van der Waals surface area contributed by atoms with Crippen molar-refractivity contribution in [3.8, 4) is 6.07 Å². The molecule has 2 aromatic carbocycles. The molecule has 0 bridgehead atoms. The number of aryl methyl sites for hydroxylation is 2. The molecule has 6 nitrogen and oxygen atoms in total. The maximum absolute atomic E-state index is 13.1. The summed E-state index contributed by atoms with van der Waals surface area (Å²) in [5.41, 5.74) is 4.12. The van der Waals surface area contributed by atoms with E-state index in [1.54, 1.807) is 24.3 Å². The number of nitrogens with zero attached hydrogens (tertiary/aromatic N) is 3. The predicted molar refractivity (Wildman–Crippen MR) is 111 cm³/mol. The molecular weight excluding hydrogens is 386 g/mol. The lowest BCUT2D eigenvalue weighted by atomic mass is 10.1. The van der Waals surface area contributed by atoms with Crippen molar-refractivity contribution in [1.82, 2.24) is 4.31 Å². The van der Waals surface area contributed by atoms with Crippen molar-refractivity contribution in [2.24, 2.45) is 0 Å². The van der Waals surface area contributed by atoms with Crippen molar-refractivity contribution in [2.45, 2.75) is 31.1 Å². The molecule has 0 saturated carbocycles. The van der Waals surface area contributed by atoms with Gasteiger partial charge in [-0.1, -0.05) is 6.07 Å². The Morgan fingerprint density at radius 1 is 1.00 bits per heavy atom. The van der Waals surface area contributed by atoms with Crippen molar-refractivity contribution in [2.75, 3.05) is 31.1 Å². The van der Waals surface area contributed by atoms with E-state index >= 15 is 0 Å². The molecule has 0 amide bonds. The second kappa shape index (κ2) is 7.62. The van der Waals surface area contributed by atoms with Crippen molar-refractivity contribution >= 4 is 21.5 Å². The third-order valence-corrected chi connectivity index (χ3v) is 7.71. The SMILES string of the molecule is CC(=O)c1ccc(C#N)c(N2CCN(S(=O)(=O)c3ccc4c(c3)CCC4)CC2)c1. The number of hydrogen-bond donors (Lipinski definition) is 0. The molecule has 2 aliphatic rings. The number of rotatable bonds is 4. The summed E-state index contributed by atoms with van der Waals surface area (Å²) < 4.78 is 27.7. The van der Waals surface area contributed by atoms with Gasteiger partial charge in [0.2, 0.25) is 10.0 Å². The number of ketones is 1. The molecule has 1 heterocycles. The Kier molecular flexibility index (Phi) is 5.15. The third kappa shape index (κ3) is 3.66. The third-order valence-electron chi connectivity index (χ3n) is 5.81. The Bertz CT molecular complexity index is 1110. The van der Waals surface area contributed by atoms with Crippen LogP contribution in [-0.4, -0.2) is 44.7 Å². The van der Waals surface area contributed by atoms with E-state index in [1.165, 1.54) is 16.8 Å². The van der Waals surface area contributed by atoms with Gasteiger partial charge in [0.25, 0.3) is 0 Å². The smallest absolute Gasteiger partial charge is 0.243 e. The second-order valence-electron chi connectivity index (χ2n) is 7.58. The summed E-state index contributed by atoms with van der Waals surface area (Å²) in [6.45, 7) is 3.12. The summed E-state index contributed by atoms with van der Waals surface area (Å²) in [5, 5.41) is 9.42. The number of nitriles is 1. The molecule has 0 radical (unpaired) electrons. The van der Waals surface area contributed by atoms with Gasteiger partial charge in [0.1, 0.15) is 6.07 Å². The second-order valence-corrected chi connectivity index (χ2v) is 9.51. The molecule has 1 aliphatic carbocycles. The zero-order valence-corrected chi connectivity index (χ0v) is 17.2. The number of hydrogen-bond acceptors (Lipinski definition) is 5. The molecule has 0 atom stereocenters. The van der Waals surface area contributed by atoms with Gasteiger partial charge < -0.3 is 4.90 Å². The number of carbonyl (C=O) groups excluding carboxylic acids is 1. The first kappa shape index (κ1) is 19.6. The molecule has 0 unspecified atom stereocenters. The Morgan fingerprint density at radius 3 is 2.41 bits per heavy atom. The highest BCUT2D eigenvalue weighted by atomic mass is 32.2. The van der Waals surface area contributed by atoms with Crippen LogP contribution in [-0.2, 0) is 22.9 Å². The molecule has 2 aromatic rings. The minimum Gasteiger partial charge on any atom is -0.368 e. The van der Waals surface area contributed by atoms with E-state index in [-0.39, 0.29) is 5.78 Å². The first-order chi connectivity index (χ1) is 13.9. The van der Waals surface area contributed by atoms with E-state index in [0.29, 0.717) is 47.9 Å². The molecule has 1 fully saturated rings. The van der Waals surface area contributed by atoms with Crippen LogP contribution in [0.1, 0.15) is 40.4 Å². The van der Waals surface area contributed by atoms with Gasteiger partial charge in [-0.3, -0.25) is 4.79 Å². The first-order valence-corrected chi connectivity index (χ1v) is 11.3. The van der Waals surface area contributed by atoms with Gasteiger partial charge in [0.15, 0.2) is 5.78 Å². The average Bonchev–Trinajstić information content (AvgIpc) is 3.21. The largest absolute Gasteiger partial charge is 0.368 e. The molecule has 1 aliphatic heterocycles. The van der Waals surface area contributed by atoms with E-state index in [2.05, 4.69) is 6.07 Å². The van der Waals surface area contributed by atoms with Gasteiger partial charge in [-0.25, -0.2) is 8.42 Å². The van der Waals surface area contributed by atoms with Crippen LogP contribution in [0.2, 0.25) is 0 Å². The molecule has 150 valence electrons. The monoisotopic (exact) mass is 409 g/mol. The van der Waals surface area contributed by atoms with Crippen molar-refractivity contribution in [3.63, 3.8) is 0 Å². The lowest BCUT2D eigenvalue weighted by molar-refractivity contribution is 0.101. The lowest BCUT2D eigenvalue weighted by Gasteiger charge is -2.36. The van der Waals surface area contributed by atoms with E-state index in [0.717, 1.165) is 24.8 Å². The highest BCUT2D eigenvalue weighted by Gasteiger charge is 2.30. The molecule has 0 aromatic heterocycles. The van der Waals surface area contributed by atoms with Crippen molar-refractivity contribution < 1.29 is 13.2 Å². The fourth-order valence-corrected chi connectivity index (χ4v) is 5.61. The average molecular weight is 410 g/mol. The van der Waals surface area contributed by atoms with Crippen molar-refractivity contribution in [3.05, 3.63) is 58.7 Å². The number of piperazine rings is 1. The molecule has 0 spiro atoms. The lowest BCUT2D eigenvalue weighted by Crippen LogP contribution is -2.48. The number of benzene rings is 2. The standard InChI is InChI=1S/C22H23N3O3S/c1-16(26)18-5-6-20(15-23)22(14-18)24-9-11-25(12-10-24)29(27,28)21-8-7-17-3-2-4-19(17)13-21/h5-8,13-14H,2-4,9-12H2,1H3. The number of sulfonamides is 1. The minimum absolute atomic E-state index is 0.0615. The van der Waals surface area contributed by atoms with Crippen LogP contribution in [0.5, 0.6) is 0 Å². The van der Waals surface area contributed by atoms with E-state index in [1.807, 2.05) is 17.0 Å². The number of fused-ring (bicyclic) bond motifs is 1. The van der Waals surface area contributed by atoms with E-state index in [9.17, 15) is 18.5 Å². The fraction of sp³-hybridized carbons (Fsp3) is 0.364. The Morgan fingerprint density at radius 2 is 1.72 bits per heavy atom. The maximum Gasteiger partial charge on any atom is 0.243 e. The summed E-state index contributed by atoms with van der Waals surface area (Å²) in [6, 6.07) is 12.7. The molecule has 7 heteroatoms. The van der Waals surface area contributed by atoms with Crippen LogP contribution in [0.4, 0.5) is 5.69 Å². The first-order valence-electron chi connectivity index (χ1n) is 9.82. The summed E-state index contributed by atoms with van der Waals surface area (Å²) >= 11 is 0. The minimum atomic E-state index is -3.54. The highest BCUT2D eigenvalue weighted by molar-refractivity contribution is 7.89. The van der Waals surface area contributed by atoms with Gasteiger partial charge in [0, 0.05) is 31.7 Å². The summed E-state index contributed by atoms with van der Waals surface area (Å²) in [5.74, 6) is -0.0615. The predicted octanol–water partition coefficient (Wildman–Crippen LogP) is 2.76. The van der Waals surface area contributed by atoms with E-state index in [4.69, 9.17) is 0 Å². The number of carbonyl (C=O) groups is 1. The maximum atomic E-state index is 13.1. The number of anilines is 1. The zero-order valence-electron chi connectivity index (χ0n) is 16.4. The molecule has 4 rings (SSSR count). The van der Waals surface area contributed by atoms with Crippen LogP contribution >= 0.6 is 0 Å². The quantitative estimate of drug-likeness (QED) is 0.726. The van der Waals surface area contributed by atoms with E-state index < -0.39 is 10.0 Å². The van der Waals surface area contributed by atoms with Gasteiger partial charge in [-0.2, -0.15) is 9.57 Å². The number of Topliss-reactive ketones (excluding diaryl/α,β-unsaturated/α-hetero) is 1. The molecule has 1 saturated heterocycles. The molecular formula is C22H23N3O3S. The zero-order chi connectivity index (χ0) is 20.6. The Balaban J connectivity index is 1.53. The van der Waals surface area contributed by atoms with Crippen LogP contribution in [0.25, 0.3) is 0 Å². The summed E-state index contributed by atoms with van der Waals surface area (Å²) in [6.07, 6.45) is 3.04. The van der Waals surface area contributed by atoms with Crippen LogP contribution < -0.4 is 4.90 Å². The van der Waals surface area contributed by atoms with Crippen LogP contribution in [0.15, 0.2) is 41.3 Å². The van der Waals surface area contributed by atoms with Gasteiger partial charge in [0.05, 0.1) is 16.1 Å². The van der Waals surface area contributed by atoms with Crippen LogP contribution in [0.3, 0.4) is 0 Å². The van der Waals surface area contributed by atoms with Gasteiger partial charge >= 0.3 is 0 Å². The van der Waals surface area contributed by atoms with Gasteiger partial charge in [-0.05, 0) is 67.6 Å². The van der Waals surface area contributed by atoms with Gasteiger partial charge in [-0.15, -0.1) is 0 Å². The molecule has 0 N–H and O–H groups in total. The summed E-state index contributed by atoms with van der Waals surface area (Å²) in [4.78, 5) is 14.1. The summed E-state index contributed by atoms with van der Waals surface area (Å²) in [7, 11) is -3.54. The van der Waals surface area contributed by atoms with Crippen LogP contribution in [0, 0.1) is 11.3 Å². The Labute approximate surface area is 171 Å². The molecule has 29 heavy (non-hydrogen) atoms. The highest BCUT2D eigenvalue weighted by Crippen LogP contribution is 2.28. The topological polar surface area (TPSA) is 81.5 Å². The van der Waals surface area contributed by atoms with Crippen molar-refractivity contribution in [1.29, 1.82) is 5.26 Å². The normalized spacial score (nSPS) is 17.0. The Hall–Kier alpha value is -2.69. The fourth-order valence-electron chi connectivity index (χ4n) is 4.13.